The quantitative estimate of drug-likeness (QED) is 0.0211. The number of rotatable bonds is 28. The summed E-state index contributed by atoms with van der Waals surface area (Å²) in [4.78, 5) is 133. The monoisotopic (exact) mass is 950 g/mol. The molecule has 0 radical (unpaired) electrons. The van der Waals surface area contributed by atoms with Gasteiger partial charge in [-0.25, -0.2) is 4.79 Å². The second-order valence-electron chi connectivity index (χ2n) is 15.6. The maximum absolute atomic E-state index is 13.9. The van der Waals surface area contributed by atoms with E-state index in [0.717, 1.165) is 4.90 Å². The number of hydrogen-bond donors (Lipinski definition) is 15. The van der Waals surface area contributed by atoms with Gasteiger partial charge in [0.25, 0.3) is 0 Å². The van der Waals surface area contributed by atoms with Crippen LogP contribution in [0.1, 0.15) is 57.9 Å². The van der Waals surface area contributed by atoms with Crippen LogP contribution in [0.25, 0.3) is 0 Å². The first-order chi connectivity index (χ1) is 31.6. The van der Waals surface area contributed by atoms with Crippen LogP contribution in [0.2, 0.25) is 0 Å². The highest BCUT2D eigenvalue weighted by Gasteiger charge is 2.39. The number of nitrogens with one attached hydrogen (secondary N) is 7. The molecule has 1 aliphatic heterocycles. The third kappa shape index (κ3) is 19.1. The predicted molar refractivity (Wildman–Crippen MR) is 234 cm³/mol. The average Bonchev–Trinajstić information content (AvgIpc) is 3.78. The highest BCUT2D eigenvalue weighted by Crippen LogP contribution is 2.20. The van der Waals surface area contributed by atoms with Gasteiger partial charge in [-0.05, 0) is 49.3 Å². The molecular formula is C40H62N12O15. The van der Waals surface area contributed by atoms with Crippen LogP contribution in [0.3, 0.4) is 0 Å². The van der Waals surface area contributed by atoms with Crippen LogP contribution in [0.5, 0.6) is 5.75 Å². The molecule has 0 saturated carbocycles. The van der Waals surface area contributed by atoms with Crippen molar-refractivity contribution < 1.29 is 73.5 Å². The van der Waals surface area contributed by atoms with Gasteiger partial charge < -0.3 is 84.9 Å². The number of phenols is 1. The van der Waals surface area contributed by atoms with Crippen molar-refractivity contribution in [1.29, 1.82) is 0 Å². The van der Waals surface area contributed by atoms with E-state index < -0.39 is 140 Å². The molecule has 1 heterocycles. The van der Waals surface area contributed by atoms with Crippen LogP contribution >= 0.6 is 0 Å². The number of nitrogens with two attached hydrogens (primary N) is 3. The topological polar surface area (TPSA) is 450 Å². The molecule has 0 unspecified atom stereocenters. The number of carbonyl (C=O) groups is 10. The number of likely N-dealkylation sites (tertiary alicyclic amines) is 1. The van der Waals surface area contributed by atoms with Gasteiger partial charge in [0, 0.05) is 19.5 Å². The minimum Gasteiger partial charge on any atom is -0.508 e. The van der Waals surface area contributed by atoms with E-state index >= 15 is 0 Å². The van der Waals surface area contributed by atoms with E-state index in [9.17, 15) is 73.5 Å². The summed E-state index contributed by atoms with van der Waals surface area (Å²) >= 11 is 0. The molecule has 0 spiro atoms. The van der Waals surface area contributed by atoms with E-state index in [0.29, 0.717) is 18.4 Å². The summed E-state index contributed by atoms with van der Waals surface area (Å²) in [5.41, 5.74) is 16.4. The number of phenolic OH excluding ortho intramolecular Hbond substituents is 1. The molecule has 1 aromatic rings. The Morgan fingerprint density at radius 3 is 1.94 bits per heavy atom. The molecule has 1 saturated heterocycles. The van der Waals surface area contributed by atoms with E-state index in [-0.39, 0.29) is 50.5 Å². The van der Waals surface area contributed by atoms with Crippen LogP contribution in [-0.2, 0) is 54.4 Å². The van der Waals surface area contributed by atoms with Gasteiger partial charge in [0.1, 0.15) is 48.0 Å². The normalized spacial score (nSPS) is 16.3. The maximum atomic E-state index is 13.9. The summed E-state index contributed by atoms with van der Waals surface area (Å²) < 4.78 is 0. The number of aromatic hydroxyl groups is 1. The first-order valence-electron chi connectivity index (χ1n) is 21.2. The number of guanidine groups is 1. The summed E-state index contributed by atoms with van der Waals surface area (Å²) in [6, 6.07) is -4.38. The number of aliphatic carboxylic acids is 2. The summed E-state index contributed by atoms with van der Waals surface area (Å²) in [6.45, 7) is 0.225. The van der Waals surface area contributed by atoms with Crippen LogP contribution in [-0.4, -0.2) is 177 Å². The number of aliphatic hydroxyl groups excluding tert-OH is 2. The summed E-state index contributed by atoms with van der Waals surface area (Å²) in [5.74, 6) is -11.0. The zero-order chi connectivity index (χ0) is 50.4. The zero-order valence-electron chi connectivity index (χ0n) is 37.1. The highest BCUT2D eigenvalue weighted by atomic mass is 16.4. The Morgan fingerprint density at radius 1 is 0.776 bits per heavy atom. The average molecular weight is 951 g/mol. The first kappa shape index (κ1) is 56.0. The third-order valence-corrected chi connectivity index (χ3v) is 10.4. The van der Waals surface area contributed by atoms with E-state index in [2.05, 4.69) is 42.2 Å². The zero-order valence-corrected chi connectivity index (χ0v) is 37.1. The fourth-order valence-corrected chi connectivity index (χ4v) is 6.55. The number of carbonyl (C=O) groups excluding carboxylic acids is 8. The van der Waals surface area contributed by atoms with E-state index in [1.807, 2.05) is 0 Å². The van der Waals surface area contributed by atoms with Crippen molar-refractivity contribution in [2.45, 2.75) is 101 Å². The summed E-state index contributed by atoms with van der Waals surface area (Å²) in [5, 5.41) is 64.0. The second-order valence-corrected chi connectivity index (χ2v) is 15.6. The number of aliphatic hydroxyl groups is 2. The first-order valence-corrected chi connectivity index (χ1v) is 21.2. The molecule has 18 N–H and O–H groups in total. The van der Waals surface area contributed by atoms with Gasteiger partial charge >= 0.3 is 11.9 Å². The standard InChI is InChI=1S/C40H62N12O15/c1-3-20(2)32(37(64)46-17-30(57)48-27(19-54)35(62)49-24(39(66)67)6-4-12-44-40(42)43)51-34(61)25(14-21-8-10-22(55)11-9-21)47-29(56)16-45-36(63)28-7-5-13-52(28)38(65)26(15-31(58)59)50-33(60)23(41)18-53/h8-11,20,23-28,32,53-55H,3-7,12-19,41H2,1-2H3,(H,45,63)(H,46,64)(H,47,56)(H,48,57)(H,49,62)(H,50,60)(H,51,61)(H,58,59)(H,66,67)(H4,42,43,44)/t20-,23-,24-,25-,26-,27-,28-,32-/m0/s1. The van der Waals surface area contributed by atoms with Crippen LogP contribution < -0.4 is 54.4 Å². The van der Waals surface area contributed by atoms with Crippen molar-refractivity contribution in [2.75, 3.05) is 39.4 Å². The molecule has 1 fully saturated rings. The number of amides is 8. The molecule has 8 atom stereocenters. The molecule has 1 aliphatic rings. The molecule has 0 aliphatic carbocycles. The number of nitrogens with zero attached hydrogens (tertiary/aromatic N) is 2. The minimum atomic E-state index is -1.63. The Hall–Kier alpha value is -7.13. The number of hydrogen-bond acceptors (Lipinski definition) is 15. The van der Waals surface area contributed by atoms with Crippen molar-refractivity contribution in [3.63, 3.8) is 0 Å². The molecule has 372 valence electrons. The van der Waals surface area contributed by atoms with E-state index in [4.69, 9.17) is 17.2 Å². The number of carboxylic acids is 2. The van der Waals surface area contributed by atoms with Gasteiger partial charge in [0.15, 0.2) is 5.96 Å². The molecule has 67 heavy (non-hydrogen) atoms. The largest absolute Gasteiger partial charge is 0.508 e. The Bertz CT molecular complexity index is 1950. The molecule has 0 bridgehead atoms. The molecule has 0 aromatic heterocycles. The van der Waals surface area contributed by atoms with Gasteiger partial charge in [-0.2, -0.15) is 0 Å². The molecule has 1 aromatic carbocycles. The fraction of sp³-hybridized carbons (Fsp3) is 0.575. The van der Waals surface area contributed by atoms with Crippen LogP contribution in [0.4, 0.5) is 0 Å². The number of carboxylic acid groups (broad SMARTS) is 2. The number of aliphatic imine (C=N–C) groups is 1. The highest BCUT2D eigenvalue weighted by molar-refractivity contribution is 5.98. The smallest absolute Gasteiger partial charge is 0.326 e. The SMILES string of the molecule is CC[C@H](C)[C@H](NC(=O)[C@H](Cc1ccc(O)cc1)NC(=O)CNC(=O)[C@@H]1CCCN1C(=O)[C@H](CC(=O)O)NC(=O)[C@@H](N)CO)C(=O)NCC(=O)N[C@@H](CO)C(=O)N[C@@H](CCCN=C(N)N)C(=O)O. The summed E-state index contributed by atoms with van der Waals surface area (Å²) in [6.07, 6.45) is -0.204. The fourth-order valence-electron chi connectivity index (χ4n) is 6.55. The lowest BCUT2D eigenvalue weighted by Crippen LogP contribution is -2.59. The van der Waals surface area contributed by atoms with Crippen molar-refractivity contribution in [3.05, 3.63) is 29.8 Å². The maximum Gasteiger partial charge on any atom is 0.326 e. The van der Waals surface area contributed by atoms with E-state index in [1.54, 1.807) is 13.8 Å². The van der Waals surface area contributed by atoms with Gasteiger partial charge in [-0.15, -0.1) is 0 Å². The lowest BCUT2D eigenvalue weighted by Gasteiger charge is -2.28. The van der Waals surface area contributed by atoms with Crippen molar-refractivity contribution in [2.24, 2.45) is 28.1 Å². The minimum absolute atomic E-state index is 0.00532. The molecule has 2 rings (SSSR count). The lowest BCUT2D eigenvalue weighted by atomic mass is 9.97. The van der Waals surface area contributed by atoms with E-state index in [1.165, 1.54) is 24.3 Å². The third-order valence-electron chi connectivity index (χ3n) is 10.4. The molecular weight excluding hydrogens is 889 g/mol. The van der Waals surface area contributed by atoms with Gasteiger partial charge in [0.2, 0.25) is 47.3 Å². The van der Waals surface area contributed by atoms with Crippen molar-refractivity contribution >= 4 is 65.2 Å². The predicted octanol–water partition coefficient (Wildman–Crippen LogP) is -6.45. The summed E-state index contributed by atoms with van der Waals surface area (Å²) in [7, 11) is 0. The second kappa shape index (κ2) is 28.0. The number of benzene rings is 1. The van der Waals surface area contributed by atoms with Crippen LogP contribution in [0.15, 0.2) is 29.3 Å². The molecule has 8 amide bonds. The molecule has 27 heteroatoms. The van der Waals surface area contributed by atoms with Gasteiger partial charge in [-0.3, -0.25) is 48.1 Å². The Kier molecular flexibility index (Phi) is 23.4. The lowest BCUT2D eigenvalue weighted by molar-refractivity contribution is -0.146. The Morgan fingerprint density at radius 2 is 1.37 bits per heavy atom. The van der Waals surface area contributed by atoms with Crippen LogP contribution in [0, 0.1) is 5.92 Å². The van der Waals surface area contributed by atoms with Crippen molar-refractivity contribution in [1.82, 2.24) is 42.1 Å². The van der Waals surface area contributed by atoms with Gasteiger partial charge in [-0.1, -0.05) is 32.4 Å². The molecule has 27 nitrogen and oxygen atoms in total. The van der Waals surface area contributed by atoms with Gasteiger partial charge in [0.05, 0.1) is 32.7 Å². The Labute approximate surface area is 384 Å². The van der Waals surface area contributed by atoms with Crippen molar-refractivity contribution in [3.8, 4) is 5.75 Å². The Balaban J connectivity index is 2.15.